The second-order valence-electron chi connectivity index (χ2n) is 4.67. The van der Waals surface area contributed by atoms with Crippen LogP contribution in [0.3, 0.4) is 0 Å². The monoisotopic (exact) mass is 255 g/mol. The first kappa shape index (κ1) is 13.7. The summed E-state index contributed by atoms with van der Waals surface area (Å²) in [6, 6.07) is 16.9. The van der Waals surface area contributed by atoms with Crippen molar-refractivity contribution in [1.82, 2.24) is 9.88 Å². The van der Waals surface area contributed by atoms with Gasteiger partial charge in [0, 0.05) is 31.9 Å². The summed E-state index contributed by atoms with van der Waals surface area (Å²) in [7, 11) is 0. The van der Waals surface area contributed by atoms with E-state index in [0.717, 1.165) is 18.8 Å². The SMILES string of the molecule is CC(c1ccccc1)N(CCN)Cc1ccccn1. The minimum Gasteiger partial charge on any atom is -0.329 e. The fourth-order valence-electron chi connectivity index (χ4n) is 2.22. The molecule has 0 radical (unpaired) electrons. The van der Waals surface area contributed by atoms with Gasteiger partial charge in [-0.3, -0.25) is 9.88 Å². The molecule has 2 rings (SSSR count). The number of pyridine rings is 1. The molecule has 1 heterocycles. The molecule has 1 atom stereocenters. The van der Waals surface area contributed by atoms with Gasteiger partial charge in [0.15, 0.2) is 0 Å². The van der Waals surface area contributed by atoms with E-state index < -0.39 is 0 Å². The van der Waals surface area contributed by atoms with Gasteiger partial charge in [-0.15, -0.1) is 0 Å². The summed E-state index contributed by atoms with van der Waals surface area (Å²) in [6.07, 6.45) is 1.84. The average Bonchev–Trinajstić information content (AvgIpc) is 2.48. The fourth-order valence-corrected chi connectivity index (χ4v) is 2.22. The smallest absolute Gasteiger partial charge is 0.0544 e. The molecule has 100 valence electrons. The summed E-state index contributed by atoms with van der Waals surface area (Å²) < 4.78 is 0. The van der Waals surface area contributed by atoms with E-state index in [-0.39, 0.29) is 0 Å². The first-order valence-corrected chi connectivity index (χ1v) is 6.70. The molecule has 0 amide bonds. The third kappa shape index (κ3) is 3.88. The van der Waals surface area contributed by atoms with Crippen molar-refractivity contribution in [1.29, 1.82) is 0 Å². The molecular formula is C16H21N3. The van der Waals surface area contributed by atoms with E-state index in [4.69, 9.17) is 5.73 Å². The third-order valence-corrected chi connectivity index (χ3v) is 3.34. The van der Waals surface area contributed by atoms with Crippen LogP contribution in [0.5, 0.6) is 0 Å². The number of nitrogens with two attached hydrogens (primary N) is 1. The lowest BCUT2D eigenvalue weighted by Gasteiger charge is -2.28. The average molecular weight is 255 g/mol. The van der Waals surface area contributed by atoms with Crippen LogP contribution in [0.15, 0.2) is 54.7 Å². The van der Waals surface area contributed by atoms with Crippen LogP contribution in [0.2, 0.25) is 0 Å². The molecule has 0 aliphatic heterocycles. The van der Waals surface area contributed by atoms with Gasteiger partial charge < -0.3 is 5.73 Å². The molecule has 0 aliphatic rings. The van der Waals surface area contributed by atoms with Crippen molar-refractivity contribution in [2.45, 2.75) is 19.5 Å². The Kier molecular flexibility index (Phi) is 5.07. The molecule has 0 saturated heterocycles. The van der Waals surface area contributed by atoms with Crippen LogP contribution in [-0.4, -0.2) is 23.0 Å². The summed E-state index contributed by atoms with van der Waals surface area (Å²) in [6.45, 7) is 4.57. The van der Waals surface area contributed by atoms with Gasteiger partial charge in [0.05, 0.1) is 5.69 Å². The molecule has 19 heavy (non-hydrogen) atoms. The zero-order chi connectivity index (χ0) is 13.5. The number of hydrogen-bond donors (Lipinski definition) is 1. The van der Waals surface area contributed by atoms with E-state index in [1.165, 1.54) is 5.56 Å². The number of aromatic nitrogens is 1. The summed E-state index contributed by atoms with van der Waals surface area (Å²) in [4.78, 5) is 6.75. The molecule has 1 aromatic heterocycles. The predicted molar refractivity (Wildman–Crippen MR) is 78.6 cm³/mol. The Morgan fingerprint density at radius 3 is 2.47 bits per heavy atom. The summed E-state index contributed by atoms with van der Waals surface area (Å²) in [5.74, 6) is 0. The van der Waals surface area contributed by atoms with Crippen LogP contribution < -0.4 is 5.73 Å². The standard InChI is InChI=1S/C16H21N3/c1-14(15-7-3-2-4-8-15)19(12-10-17)13-16-9-5-6-11-18-16/h2-9,11,14H,10,12-13,17H2,1H3. The molecule has 3 heteroatoms. The maximum absolute atomic E-state index is 5.74. The van der Waals surface area contributed by atoms with Crippen molar-refractivity contribution in [2.24, 2.45) is 5.73 Å². The Balaban J connectivity index is 2.11. The minimum atomic E-state index is 0.340. The Labute approximate surface area is 115 Å². The van der Waals surface area contributed by atoms with Crippen molar-refractivity contribution in [3.8, 4) is 0 Å². The minimum absolute atomic E-state index is 0.340. The molecule has 2 aromatic rings. The van der Waals surface area contributed by atoms with Gasteiger partial charge in [0.1, 0.15) is 0 Å². The summed E-state index contributed by atoms with van der Waals surface area (Å²) in [5.41, 5.74) is 8.13. The molecule has 0 bridgehead atoms. The molecular weight excluding hydrogens is 234 g/mol. The van der Waals surface area contributed by atoms with Crippen LogP contribution in [0.25, 0.3) is 0 Å². The van der Waals surface area contributed by atoms with Crippen LogP contribution in [-0.2, 0) is 6.54 Å². The van der Waals surface area contributed by atoms with Gasteiger partial charge >= 0.3 is 0 Å². The zero-order valence-corrected chi connectivity index (χ0v) is 11.4. The van der Waals surface area contributed by atoms with Crippen LogP contribution >= 0.6 is 0 Å². The summed E-state index contributed by atoms with van der Waals surface area (Å²) in [5, 5.41) is 0. The molecule has 0 fully saturated rings. The Hall–Kier alpha value is -1.71. The molecule has 1 unspecified atom stereocenters. The highest BCUT2D eigenvalue weighted by Crippen LogP contribution is 2.21. The van der Waals surface area contributed by atoms with Crippen molar-refractivity contribution in [3.05, 3.63) is 66.0 Å². The van der Waals surface area contributed by atoms with E-state index in [9.17, 15) is 0 Å². The number of rotatable bonds is 6. The predicted octanol–water partition coefficient (Wildman–Crippen LogP) is 2.60. The van der Waals surface area contributed by atoms with Crippen LogP contribution in [0, 0.1) is 0 Å². The molecule has 0 saturated carbocycles. The van der Waals surface area contributed by atoms with Crippen molar-refractivity contribution < 1.29 is 0 Å². The van der Waals surface area contributed by atoms with Gasteiger partial charge in [-0.2, -0.15) is 0 Å². The van der Waals surface area contributed by atoms with Gasteiger partial charge in [0.25, 0.3) is 0 Å². The lowest BCUT2D eigenvalue weighted by molar-refractivity contribution is 0.205. The second-order valence-corrected chi connectivity index (χ2v) is 4.67. The van der Waals surface area contributed by atoms with Crippen molar-refractivity contribution in [2.75, 3.05) is 13.1 Å². The number of hydrogen-bond acceptors (Lipinski definition) is 3. The van der Waals surface area contributed by atoms with E-state index in [1.807, 2.05) is 24.4 Å². The zero-order valence-electron chi connectivity index (χ0n) is 11.4. The van der Waals surface area contributed by atoms with E-state index >= 15 is 0 Å². The molecule has 3 nitrogen and oxygen atoms in total. The molecule has 0 spiro atoms. The first-order valence-electron chi connectivity index (χ1n) is 6.70. The third-order valence-electron chi connectivity index (χ3n) is 3.34. The fraction of sp³-hybridized carbons (Fsp3) is 0.312. The van der Waals surface area contributed by atoms with E-state index in [0.29, 0.717) is 12.6 Å². The highest BCUT2D eigenvalue weighted by Gasteiger charge is 2.15. The van der Waals surface area contributed by atoms with Crippen molar-refractivity contribution >= 4 is 0 Å². The largest absolute Gasteiger partial charge is 0.329 e. The van der Waals surface area contributed by atoms with Crippen LogP contribution in [0.1, 0.15) is 24.2 Å². The Bertz CT molecular complexity index is 470. The van der Waals surface area contributed by atoms with Crippen LogP contribution in [0.4, 0.5) is 0 Å². The highest BCUT2D eigenvalue weighted by atomic mass is 15.2. The first-order chi connectivity index (χ1) is 9.31. The van der Waals surface area contributed by atoms with Gasteiger partial charge in [0.2, 0.25) is 0 Å². The van der Waals surface area contributed by atoms with E-state index in [1.54, 1.807) is 0 Å². The lowest BCUT2D eigenvalue weighted by atomic mass is 10.1. The van der Waals surface area contributed by atoms with E-state index in [2.05, 4.69) is 47.1 Å². The normalized spacial score (nSPS) is 12.6. The highest BCUT2D eigenvalue weighted by molar-refractivity contribution is 5.18. The summed E-state index contributed by atoms with van der Waals surface area (Å²) >= 11 is 0. The molecule has 0 aliphatic carbocycles. The van der Waals surface area contributed by atoms with Crippen molar-refractivity contribution in [3.63, 3.8) is 0 Å². The second kappa shape index (κ2) is 7.02. The maximum atomic E-state index is 5.74. The topological polar surface area (TPSA) is 42.1 Å². The van der Waals surface area contributed by atoms with Gasteiger partial charge in [-0.1, -0.05) is 36.4 Å². The number of benzene rings is 1. The lowest BCUT2D eigenvalue weighted by Crippen LogP contribution is -2.32. The maximum Gasteiger partial charge on any atom is 0.0544 e. The van der Waals surface area contributed by atoms with Gasteiger partial charge in [-0.05, 0) is 24.6 Å². The molecule has 1 aromatic carbocycles. The molecule has 2 N–H and O–H groups in total. The quantitative estimate of drug-likeness (QED) is 0.862. The Morgan fingerprint density at radius 1 is 1.11 bits per heavy atom. The van der Waals surface area contributed by atoms with Gasteiger partial charge in [-0.25, -0.2) is 0 Å². The number of nitrogens with zero attached hydrogens (tertiary/aromatic N) is 2. The Morgan fingerprint density at radius 2 is 1.84 bits per heavy atom.